The Bertz CT molecular complexity index is 202. The second-order valence-corrected chi connectivity index (χ2v) is 3.93. The van der Waals surface area contributed by atoms with E-state index in [4.69, 9.17) is 5.53 Å². The molecule has 0 aromatic carbocycles. The zero-order chi connectivity index (χ0) is 8.39. The minimum atomic E-state index is 0. The third-order valence-corrected chi connectivity index (χ3v) is 3.15. The molecule has 2 unspecified atom stereocenters. The van der Waals surface area contributed by atoms with Crippen LogP contribution >= 0.6 is 12.4 Å². The molecule has 0 aromatic heterocycles. The zero-order valence-corrected chi connectivity index (χ0v) is 8.33. The summed E-state index contributed by atoms with van der Waals surface area (Å²) in [7, 11) is 0. The Morgan fingerprint density at radius 2 is 1.92 bits per heavy atom. The fourth-order valence-electron chi connectivity index (χ4n) is 2.59. The van der Waals surface area contributed by atoms with Gasteiger partial charge in [-0.3, -0.25) is 0 Å². The van der Waals surface area contributed by atoms with E-state index in [1.54, 1.807) is 0 Å². The van der Waals surface area contributed by atoms with Crippen LogP contribution in [0.5, 0.6) is 0 Å². The van der Waals surface area contributed by atoms with Gasteiger partial charge in [-0.25, -0.2) is 0 Å². The number of rotatable bonds is 2. The van der Waals surface area contributed by atoms with Gasteiger partial charge in [-0.05, 0) is 49.2 Å². The Morgan fingerprint density at radius 1 is 1.31 bits per heavy atom. The maximum atomic E-state index is 8.18. The van der Waals surface area contributed by atoms with E-state index in [1.807, 2.05) is 0 Å². The molecular formula is C8H15ClN4. The topological polar surface area (TPSA) is 60.8 Å². The summed E-state index contributed by atoms with van der Waals surface area (Å²) >= 11 is 0. The smallest absolute Gasteiger partial charge is 0.0286 e. The molecule has 1 saturated carbocycles. The summed E-state index contributed by atoms with van der Waals surface area (Å²) < 4.78 is 0. The third-order valence-electron chi connectivity index (χ3n) is 3.15. The molecule has 0 radical (unpaired) electrons. The molecule has 2 fully saturated rings. The van der Waals surface area contributed by atoms with Gasteiger partial charge in [-0.15, -0.1) is 12.4 Å². The van der Waals surface area contributed by atoms with Crippen molar-refractivity contribution in [3.63, 3.8) is 0 Å². The van der Waals surface area contributed by atoms with Crippen LogP contribution in [0.4, 0.5) is 0 Å². The second-order valence-electron chi connectivity index (χ2n) is 3.93. The molecule has 1 saturated heterocycles. The number of halogens is 1. The highest BCUT2D eigenvalue weighted by molar-refractivity contribution is 5.85. The molecule has 2 rings (SSSR count). The predicted octanol–water partition coefficient (Wildman–Crippen LogP) is 1.96. The van der Waals surface area contributed by atoms with Crippen LogP contribution in [0.1, 0.15) is 12.8 Å². The molecule has 1 aliphatic heterocycles. The van der Waals surface area contributed by atoms with Crippen LogP contribution in [0, 0.1) is 17.8 Å². The first-order valence-electron chi connectivity index (χ1n) is 4.61. The Morgan fingerprint density at radius 3 is 2.46 bits per heavy atom. The van der Waals surface area contributed by atoms with Crippen molar-refractivity contribution in [1.82, 2.24) is 5.32 Å². The Kier molecular flexibility index (Phi) is 3.85. The summed E-state index contributed by atoms with van der Waals surface area (Å²) in [5.74, 6) is 2.39. The molecular weight excluding hydrogens is 188 g/mol. The van der Waals surface area contributed by atoms with E-state index in [0.29, 0.717) is 12.5 Å². The summed E-state index contributed by atoms with van der Waals surface area (Å²) in [4.78, 5) is 2.80. The maximum Gasteiger partial charge on any atom is 0.0286 e. The summed E-state index contributed by atoms with van der Waals surface area (Å²) in [5.41, 5.74) is 8.18. The minimum Gasteiger partial charge on any atom is -0.316 e. The number of nitrogens with one attached hydrogen (secondary N) is 1. The highest BCUT2D eigenvalue weighted by Crippen LogP contribution is 2.38. The molecule has 0 bridgehead atoms. The third kappa shape index (κ3) is 2.27. The molecule has 1 heterocycles. The molecule has 0 spiro atoms. The number of fused-ring (bicyclic) bond motifs is 1. The lowest BCUT2D eigenvalue weighted by molar-refractivity contribution is 0.494. The van der Waals surface area contributed by atoms with Crippen LogP contribution < -0.4 is 5.32 Å². The van der Waals surface area contributed by atoms with Crippen molar-refractivity contribution >= 4 is 12.4 Å². The van der Waals surface area contributed by atoms with Gasteiger partial charge in [0.2, 0.25) is 0 Å². The van der Waals surface area contributed by atoms with Crippen molar-refractivity contribution in [2.45, 2.75) is 12.8 Å². The van der Waals surface area contributed by atoms with E-state index in [-0.39, 0.29) is 12.4 Å². The Hall–Kier alpha value is -0.440. The van der Waals surface area contributed by atoms with Crippen molar-refractivity contribution in [3.05, 3.63) is 10.4 Å². The van der Waals surface area contributed by atoms with Crippen LogP contribution in [0.3, 0.4) is 0 Å². The fraction of sp³-hybridized carbons (Fsp3) is 1.00. The average molecular weight is 203 g/mol. The highest BCUT2D eigenvalue weighted by Gasteiger charge is 2.36. The van der Waals surface area contributed by atoms with Crippen LogP contribution in [0.25, 0.3) is 10.4 Å². The molecule has 0 aromatic rings. The van der Waals surface area contributed by atoms with E-state index in [0.717, 1.165) is 11.8 Å². The molecule has 2 atom stereocenters. The lowest BCUT2D eigenvalue weighted by Gasteiger charge is -2.05. The Balaban J connectivity index is 0.000000845. The largest absolute Gasteiger partial charge is 0.316 e. The fourth-order valence-corrected chi connectivity index (χ4v) is 2.59. The van der Waals surface area contributed by atoms with Gasteiger partial charge in [-0.2, -0.15) is 0 Å². The van der Waals surface area contributed by atoms with Gasteiger partial charge in [0, 0.05) is 11.5 Å². The lowest BCUT2D eigenvalue weighted by atomic mass is 10.0. The highest BCUT2D eigenvalue weighted by atomic mass is 35.5. The van der Waals surface area contributed by atoms with Crippen molar-refractivity contribution < 1.29 is 0 Å². The Labute approximate surface area is 84.1 Å². The zero-order valence-electron chi connectivity index (χ0n) is 7.52. The quantitative estimate of drug-likeness (QED) is 0.415. The van der Waals surface area contributed by atoms with Crippen molar-refractivity contribution in [2.24, 2.45) is 22.9 Å². The normalized spacial score (nSPS) is 36.2. The minimum absolute atomic E-state index is 0. The van der Waals surface area contributed by atoms with Gasteiger partial charge >= 0.3 is 0 Å². The monoisotopic (exact) mass is 202 g/mol. The van der Waals surface area contributed by atoms with Gasteiger partial charge in [0.05, 0.1) is 0 Å². The van der Waals surface area contributed by atoms with E-state index < -0.39 is 0 Å². The first kappa shape index (κ1) is 10.6. The van der Waals surface area contributed by atoms with Crippen LogP contribution in [-0.4, -0.2) is 19.6 Å². The number of hydrogen-bond donors (Lipinski definition) is 1. The molecule has 2 aliphatic rings. The van der Waals surface area contributed by atoms with Gasteiger partial charge in [0.25, 0.3) is 0 Å². The average Bonchev–Trinajstić information content (AvgIpc) is 2.58. The lowest BCUT2D eigenvalue weighted by Crippen LogP contribution is -2.12. The molecule has 4 nitrogen and oxygen atoms in total. The maximum absolute atomic E-state index is 8.18. The summed E-state index contributed by atoms with van der Waals surface area (Å²) in [6, 6.07) is 0. The van der Waals surface area contributed by atoms with Crippen LogP contribution in [0.2, 0.25) is 0 Å². The SMILES string of the molecule is Cl.[N-]=[N+]=NCC1CC2CNCC2C1. The molecule has 74 valence electrons. The summed E-state index contributed by atoms with van der Waals surface area (Å²) in [5, 5.41) is 7.04. The van der Waals surface area contributed by atoms with Crippen LogP contribution in [0.15, 0.2) is 5.11 Å². The first-order chi connectivity index (χ1) is 5.90. The predicted molar refractivity (Wildman–Crippen MR) is 53.8 cm³/mol. The van der Waals surface area contributed by atoms with E-state index in [2.05, 4.69) is 15.3 Å². The van der Waals surface area contributed by atoms with Gasteiger partial charge in [0.15, 0.2) is 0 Å². The van der Waals surface area contributed by atoms with Crippen molar-refractivity contribution in [3.8, 4) is 0 Å². The molecule has 0 amide bonds. The van der Waals surface area contributed by atoms with Crippen molar-refractivity contribution in [2.75, 3.05) is 19.6 Å². The van der Waals surface area contributed by atoms with E-state index in [9.17, 15) is 0 Å². The first-order valence-corrected chi connectivity index (χ1v) is 4.61. The van der Waals surface area contributed by atoms with E-state index in [1.165, 1.54) is 25.9 Å². The number of hydrogen-bond acceptors (Lipinski definition) is 2. The van der Waals surface area contributed by atoms with Gasteiger partial charge in [0.1, 0.15) is 0 Å². The molecule has 1 aliphatic carbocycles. The van der Waals surface area contributed by atoms with Crippen molar-refractivity contribution in [1.29, 1.82) is 0 Å². The van der Waals surface area contributed by atoms with E-state index >= 15 is 0 Å². The van der Waals surface area contributed by atoms with Gasteiger partial charge < -0.3 is 5.32 Å². The van der Waals surface area contributed by atoms with Crippen LogP contribution in [-0.2, 0) is 0 Å². The van der Waals surface area contributed by atoms with Gasteiger partial charge in [-0.1, -0.05) is 5.11 Å². The molecule has 1 N–H and O–H groups in total. The summed E-state index contributed by atoms with van der Waals surface area (Å²) in [6.45, 7) is 3.07. The summed E-state index contributed by atoms with van der Waals surface area (Å²) in [6.07, 6.45) is 2.52. The molecule has 13 heavy (non-hydrogen) atoms. The second kappa shape index (κ2) is 4.70. The molecule has 5 heteroatoms. The standard InChI is InChI=1S/C8H14N4.ClH/c9-12-11-3-6-1-7-4-10-5-8(7)2-6;/h6-8,10H,1-5H2;1H. The number of nitrogens with zero attached hydrogens (tertiary/aromatic N) is 3. The number of azide groups is 1.